The molecule has 0 spiro atoms. The molecule has 0 bridgehead atoms. The number of hydrogen-bond donors (Lipinski definition) is 2. The van der Waals surface area contributed by atoms with E-state index in [9.17, 15) is 13.2 Å². The molecule has 6 heteroatoms. The molecule has 0 saturated heterocycles. The van der Waals surface area contributed by atoms with Gasteiger partial charge in [-0.05, 0) is 19.1 Å². The van der Waals surface area contributed by atoms with E-state index >= 15 is 0 Å². The number of sulfonamides is 1. The Morgan fingerprint density at radius 1 is 1.21 bits per heavy atom. The lowest BCUT2D eigenvalue weighted by Crippen LogP contribution is -3.05. The maximum Gasteiger partial charge on any atom is 0.240 e. The molecule has 106 valence electrons. The summed E-state index contributed by atoms with van der Waals surface area (Å²) in [6.07, 6.45) is 0.785. The Labute approximate surface area is 114 Å². The van der Waals surface area contributed by atoms with Crippen molar-refractivity contribution in [3.05, 3.63) is 29.8 Å². The van der Waals surface area contributed by atoms with Crippen LogP contribution in [0.1, 0.15) is 23.7 Å². The number of quaternary nitrogens is 1. The van der Waals surface area contributed by atoms with Crippen LogP contribution in [0.3, 0.4) is 0 Å². The highest BCUT2D eigenvalue weighted by atomic mass is 32.2. The third kappa shape index (κ3) is 5.10. The number of ketones is 1. The van der Waals surface area contributed by atoms with Crippen LogP contribution in [0.5, 0.6) is 0 Å². The standard InChI is InChI=1S/C13H20N2O3S/c1-11(16)12-5-7-13(8-6-12)19(17,18)14-9-4-10-15(2)3/h5-8,14H,4,9-10H2,1-3H3/p+1. The van der Waals surface area contributed by atoms with Gasteiger partial charge in [-0.2, -0.15) is 0 Å². The first-order chi connectivity index (χ1) is 8.83. The number of hydrogen-bond acceptors (Lipinski definition) is 3. The Morgan fingerprint density at radius 2 is 1.79 bits per heavy atom. The normalized spacial score (nSPS) is 11.8. The van der Waals surface area contributed by atoms with Crippen LogP contribution in [0.2, 0.25) is 0 Å². The number of carbonyl (C=O) groups excluding carboxylic acids is 1. The molecule has 1 aromatic carbocycles. The molecule has 0 aliphatic heterocycles. The molecular weight excluding hydrogens is 264 g/mol. The van der Waals surface area contributed by atoms with E-state index in [0.29, 0.717) is 12.1 Å². The zero-order valence-corrected chi connectivity index (χ0v) is 12.4. The van der Waals surface area contributed by atoms with Crippen molar-refractivity contribution in [3.63, 3.8) is 0 Å². The molecule has 2 N–H and O–H groups in total. The van der Waals surface area contributed by atoms with Crippen LogP contribution in [-0.4, -0.2) is 41.4 Å². The van der Waals surface area contributed by atoms with Crippen molar-refractivity contribution in [2.24, 2.45) is 0 Å². The molecule has 5 nitrogen and oxygen atoms in total. The van der Waals surface area contributed by atoms with Crippen molar-refractivity contribution in [1.29, 1.82) is 0 Å². The first-order valence-electron chi connectivity index (χ1n) is 6.22. The van der Waals surface area contributed by atoms with Crippen LogP contribution in [0.4, 0.5) is 0 Å². The van der Waals surface area contributed by atoms with E-state index in [1.54, 1.807) is 0 Å². The van der Waals surface area contributed by atoms with Gasteiger partial charge in [0, 0.05) is 18.5 Å². The lowest BCUT2D eigenvalue weighted by atomic mass is 10.2. The third-order valence-corrected chi connectivity index (χ3v) is 4.19. The lowest BCUT2D eigenvalue weighted by Gasteiger charge is -2.09. The van der Waals surface area contributed by atoms with Gasteiger partial charge in [-0.1, -0.05) is 12.1 Å². The molecule has 0 fully saturated rings. The largest absolute Gasteiger partial charge is 0.340 e. The predicted octanol–water partition coefficient (Wildman–Crippen LogP) is -0.298. The van der Waals surface area contributed by atoms with Crippen LogP contribution in [0.25, 0.3) is 0 Å². The molecule has 0 heterocycles. The van der Waals surface area contributed by atoms with Crippen molar-refractivity contribution in [2.45, 2.75) is 18.2 Å². The van der Waals surface area contributed by atoms with E-state index in [2.05, 4.69) is 4.72 Å². The fourth-order valence-corrected chi connectivity index (χ4v) is 2.67. The van der Waals surface area contributed by atoms with Gasteiger partial charge < -0.3 is 4.90 Å². The highest BCUT2D eigenvalue weighted by Crippen LogP contribution is 2.10. The Morgan fingerprint density at radius 3 is 2.26 bits per heavy atom. The summed E-state index contributed by atoms with van der Waals surface area (Å²) in [7, 11) is 0.574. The molecule has 19 heavy (non-hydrogen) atoms. The van der Waals surface area contributed by atoms with Crippen molar-refractivity contribution >= 4 is 15.8 Å². The molecule has 0 atom stereocenters. The lowest BCUT2D eigenvalue weighted by molar-refractivity contribution is -0.858. The number of benzene rings is 1. The van der Waals surface area contributed by atoms with Crippen molar-refractivity contribution in [2.75, 3.05) is 27.2 Å². The van der Waals surface area contributed by atoms with Crippen LogP contribution in [0, 0.1) is 0 Å². The Kier molecular flexibility index (Phi) is 5.65. The molecule has 1 aromatic rings. The molecule has 0 aliphatic rings. The van der Waals surface area contributed by atoms with Crippen LogP contribution < -0.4 is 9.62 Å². The fraction of sp³-hybridized carbons (Fsp3) is 0.462. The molecule has 0 radical (unpaired) electrons. The number of rotatable bonds is 7. The van der Waals surface area contributed by atoms with Gasteiger partial charge in [-0.15, -0.1) is 0 Å². The molecule has 0 aromatic heterocycles. The van der Waals surface area contributed by atoms with Gasteiger partial charge in [0.15, 0.2) is 5.78 Å². The van der Waals surface area contributed by atoms with Gasteiger partial charge in [-0.3, -0.25) is 4.79 Å². The maximum atomic E-state index is 12.0. The second-order valence-corrected chi connectivity index (χ2v) is 6.56. The first-order valence-corrected chi connectivity index (χ1v) is 7.71. The molecule has 0 unspecified atom stereocenters. The summed E-state index contributed by atoms with van der Waals surface area (Å²) in [5.74, 6) is -0.0779. The highest BCUT2D eigenvalue weighted by Gasteiger charge is 2.13. The summed E-state index contributed by atoms with van der Waals surface area (Å²) in [6, 6.07) is 5.97. The maximum absolute atomic E-state index is 12.0. The van der Waals surface area contributed by atoms with E-state index in [-0.39, 0.29) is 10.7 Å². The monoisotopic (exact) mass is 285 g/mol. The van der Waals surface area contributed by atoms with E-state index in [4.69, 9.17) is 0 Å². The second kappa shape index (κ2) is 6.79. The quantitative estimate of drug-likeness (QED) is 0.534. The summed E-state index contributed by atoms with van der Waals surface area (Å²) < 4.78 is 26.5. The smallest absolute Gasteiger partial charge is 0.240 e. The van der Waals surface area contributed by atoms with Crippen LogP contribution in [-0.2, 0) is 10.0 Å². The predicted molar refractivity (Wildman–Crippen MR) is 73.9 cm³/mol. The Balaban J connectivity index is 2.64. The molecule has 0 amide bonds. The summed E-state index contributed by atoms with van der Waals surface area (Å²) in [5.41, 5.74) is 0.509. The molecule has 1 rings (SSSR count). The van der Waals surface area contributed by atoms with Crippen LogP contribution in [0.15, 0.2) is 29.2 Å². The third-order valence-electron chi connectivity index (χ3n) is 2.72. The van der Waals surface area contributed by atoms with Crippen molar-refractivity contribution in [3.8, 4) is 0 Å². The van der Waals surface area contributed by atoms with Crippen molar-refractivity contribution in [1.82, 2.24) is 4.72 Å². The fourth-order valence-electron chi connectivity index (χ4n) is 1.60. The van der Waals surface area contributed by atoms with Gasteiger partial charge in [0.2, 0.25) is 10.0 Å². The molecule has 0 aliphatic carbocycles. The zero-order chi connectivity index (χ0) is 14.5. The van der Waals surface area contributed by atoms with E-state index < -0.39 is 10.0 Å². The van der Waals surface area contributed by atoms with Gasteiger partial charge >= 0.3 is 0 Å². The van der Waals surface area contributed by atoms with Crippen LogP contribution >= 0.6 is 0 Å². The number of Topliss-reactive ketones (excluding diaryl/α,β-unsaturated/α-hetero) is 1. The Bertz CT molecular complexity index is 521. The average molecular weight is 285 g/mol. The highest BCUT2D eigenvalue weighted by molar-refractivity contribution is 7.89. The minimum atomic E-state index is -3.47. The van der Waals surface area contributed by atoms with E-state index in [0.717, 1.165) is 13.0 Å². The topological polar surface area (TPSA) is 67.7 Å². The van der Waals surface area contributed by atoms with Gasteiger partial charge in [0.05, 0.1) is 25.5 Å². The van der Waals surface area contributed by atoms with Gasteiger partial charge in [0.25, 0.3) is 0 Å². The van der Waals surface area contributed by atoms with Gasteiger partial charge in [0.1, 0.15) is 0 Å². The minimum absolute atomic E-state index is 0.0779. The Hall–Kier alpha value is -1.24. The van der Waals surface area contributed by atoms with Gasteiger partial charge in [-0.25, -0.2) is 13.1 Å². The van der Waals surface area contributed by atoms with Crippen molar-refractivity contribution < 1.29 is 18.1 Å². The van der Waals surface area contributed by atoms with E-state index in [1.807, 2.05) is 14.1 Å². The number of carbonyl (C=O) groups is 1. The molecule has 0 saturated carbocycles. The zero-order valence-electron chi connectivity index (χ0n) is 11.6. The SMILES string of the molecule is CC(=O)c1ccc(S(=O)(=O)NCCC[NH+](C)C)cc1. The average Bonchev–Trinajstić information content (AvgIpc) is 2.34. The summed E-state index contributed by atoms with van der Waals surface area (Å²) >= 11 is 0. The summed E-state index contributed by atoms with van der Waals surface area (Å²) in [5, 5.41) is 0. The second-order valence-electron chi connectivity index (χ2n) is 4.79. The minimum Gasteiger partial charge on any atom is -0.340 e. The summed E-state index contributed by atoms with van der Waals surface area (Å²) in [6.45, 7) is 2.78. The first kappa shape index (κ1) is 15.8. The summed E-state index contributed by atoms with van der Waals surface area (Å²) in [4.78, 5) is 12.6. The number of nitrogens with one attached hydrogen (secondary N) is 2. The molecular formula is C13H21N2O3S+. The van der Waals surface area contributed by atoms with E-state index in [1.165, 1.54) is 36.1 Å².